The van der Waals surface area contributed by atoms with Gasteiger partial charge in [0.1, 0.15) is 6.61 Å². The third-order valence-corrected chi connectivity index (χ3v) is 6.43. The molecule has 0 fully saturated rings. The molecule has 0 bridgehead atoms. The molecule has 0 amide bonds. The van der Waals surface area contributed by atoms with E-state index in [2.05, 4.69) is 5.32 Å². The lowest BCUT2D eigenvalue weighted by atomic mass is 9.71. The van der Waals surface area contributed by atoms with Crippen molar-refractivity contribution in [3.63, 3.8) is 0 Å². The molecule has 1 heterocycles. The molecule has 2 aromatic rings. The monoisotopic (exact) mass is 476 g/mol. The van der Waals surface area contributed by atoms with Crippen LogP contribution in [0, 0.1) is 10.1 Å². The van der Waals surface area contributed by atoms with Crippen molar-refractivity contribution in [2.24, 2.45) is 0 Å². The molecule has 0 saturated carbocycles. The zero-order valence-corrected chi connectivity index (χ0v) is 19.8. The maximum Gasteiger partial charge on any atom is 0.336 e. The van der Waals surface area contributed by atoms with Gasteiger partial charge in [-0.1, -0.05) is 48.5 Å². The summed E-state index contributed by atoms with van der Waals surface area (Å²) < 4.78 is 10.7. The number of hydrogen-bond donors (Lipinski definition) is 1. The number of ketones is 1. The van der Waals surface area contributed by atoms with Crippen LogP contribution in [-0.2, 0) is 19.1 Å². The molecule has 0 spiro atoms. The van der Waals surface area contributed by atoms with Crippen LogP contribution in [0.1, 0.15) is 49.7 Å². The first-order valence-electron chi connectivity index (χ1n) is 11.7. The van der Waals surface area contributed by atoms with Gasteiger partial charge in [-0.15, -0.1) is 0 Å². The highest BCUT2D eigenvalue weighted by atomic mass is 16.6. The predicted octanol–water partition coefficient (Wildman–Crippen LogP) is 4.54. The fourth-order valence-corrected chi connectivity index (χ4v) is 4.89. The molecular weight excluding hydrogens is 448 g/mol. The molecule has 2 aromatic carbocycles. The standard InChI is InChI=1S/C27H28N2O6/c1-3-34-13-14-35-27(31)24-17(2)28-21-15-19(18-9-5-4-6-10-18)16-23(30)26(21)25(24)20-11-7-8-12-22(20)29(32)33/h4-12,19,25,28H,3,13-16H2,1-2H3/t19-,25-/m1/s1. The van der Waals surface area contributed by atoms with Gasteiger partial charge in [-0.25, -0.2) is 4.79 Å². The van der Waals surface area contributed by atoms with Gasteiger partial charge in [0.2, 0.25) is 0 Å². The van der Waals surface area contributed by atoms with Gasteiger partial charge in [0.05, 0.1) is 23.0 Å². The fourth-order valence-electron chi connectivity index (χ4n) is 4.89. The lowest BCUT2D eigenvalue weighted by Gasteiger charge is -2.36. The summed E-state index contributed by atoms with van der Waals surface area (Å²) in [7, 11) is 0. The number of Topliss-reactive ketones (excluding diaryl/α,β-unsaturated/α-hetero) is 1. The van der Waals surface area contributed by atoms with Crippen LogP contribution in [0.15, 0.2) is 77.1 Å². The highest BCUT2D eigenvalue weighted by molar-refractivity contribution is 6.04. The van der Waals surface area contributed by atoms with Crippen LogP contribution >= 0.6 is 0 Å². The number of nitrogens with zero attached hydrogens (tertiary/aromatic N) is 1. The van der Waals surface area contributed by atoms with Crippen LogP contribution < -0.4 is 5.32 Å². The molecule has 0 unspecified atom stereocenters. The number of benzene rings is 2. The Bertz CT molecular complexity index is 1200. The number of ether oxygens (including phenoxy) is 2. The number of esters is 1. The highest BCUT2D eigenvalue weighted by Gasteiger charge is 2.43. The Morgan fingerprint density at radius 2 is 1.80 bits per heavy atom. The van der Waals surface area contributed by atoms with E-state index in [1.807, 2.05) is 37.3 Å². The Labute approximate surface area is 203 Å². The summed E-state index contributed by atoms with van der Waals surface area (Å²) in [6.45, 7) is 4.36. The first-order valence-corrected chi connectivity index (χ1v) is 11.7. The van der Waals surface area contributed by atoms with E-state index in [0.717, 1.165) is 5.56 Å². The maximum atomic E-state index is 13.6. The summed E-state index contributed by atoms with van der Waals surface area (Å²) in [6.07, 6.45) is 0.819. The number of dihydropyridines is 1. The summed E-state index contributed by atoms with van der Waals surface area (Å²) >= 11 is 0. The van der Waals surface area contributed by atoms with E-state index < -0.39 is 16.8 Å². The zero-order valence-electron chi connectivity index (χ0n) is 19.8. The van der Waals surface area contributed by atoms with Gasteiger partial charge in [-0.3, -0.25) is 14.9 Å². The van der Waals surface area contributed by atoms with Gasteiger partial charge >= 0.3 is 5.97 Å². The van der Waals surface area contributed by atoms with Gasteiger partial charge in [-0.2, -0.15) is 0 Å². The number of rotatable bonds is 8. The molecule has 4 rings (SSSR count). The number of allylic oxidation sites excluding steroid dienone is 3. The summed E-state index contributed by atoms with van der Waals surface area (Å²) in [4.78, 5) is 38.2. The number of carbonyl (C=O) groups excluding carboxylic acids is 2. The zero-order chi connectivity index (χ0) is 24.9. The summed E-state index contributed by atoms with van der Waals surface area (Å²) in [5.74, 6) is -1.67. The number of nitro groups is 1. The second-order valence-corrected chi connectivity index (χ2v) is 8.58. The van der Waals surface area contributed by atoms with Crippen molar-refractivity contribution in [3.8, 4) is 0 Å². The van der Waals surface area contributed by atoms with E-state index >= 15 is 0 Å². The lowest BCUT2D eigenvalue weighted by molar-refractivity contribution is -0.385. The molecule has 1 N–H and O–H groups in total. The minimum atomic E-state index is -0.892. The van der Waals surface area contributed by atoms with Gasteiger partial charge in [0, 0.05) is 41.6 Å². The first kappa shape index (κ1) is 24.3. The van der Waals surface area contributed by atoms with E-state index in [9.17, 15) is 19.7 Å². The number of para-hydroxylation sites is 1. The number of nitro benzene ring substituents is 1. The minimum absolute atomic E-state index is 0.0196. The smallest absolute Gasteiger partial charge is 0.336 e. The Hall–Kier alpha value is -3.78. The lowest BCUT2D eigenvalue weighted by Crippen LogP contribution is -2.36. The normalized spacial score (nSPS) is 19.8. The molecule has 1 aliphatic carbocycles. The SMILES string of the molecule is CCOCCOC(=O)C1=C(C)NC2=C(C(=O)C[C@H](c3ccccc3)C2)[C@@H]1c1ccccc1[N+](=O)[O-]. The van der Waals surface area contributed by atoms with Crippen LogP contribution in [0.5, 0.6) is 0 Å². The molecule has 0 radical (unpaired) electrons. The summed E-state index contributed by atoms with van der Waals surface area (Å²) in [5.41, 5.74) is 3.04. The second kappa shape index (κ2) is 10.7. The quantitative estimate of drug-likeness (QED) is 0.258. The molecule has 2 aliphatic rings. The molecular formula is C27H28N2O6. The van der Waals surface area contributed by atoms with E-state index in [1.165, 1.54) is 6.07 Å². The third-order valence-electron chi connectivity index (χ3n) is 6.43. The molecule has 0 saturated heterocycles. The Morgan fingerprint density at radius 3 is 2.51 bits per heavy atom. The molecule has 2 atom stereocenters. The average molecular weight is 477 g/mol. The Morgan fingerprint density at radius 1 is 1.09 bits per heavy atom. The van der Waals surface area contributed by atoms with Crippen LogP contribution in [0.2, 0.25) is 0 Å². The number of carbonyl (C=O) groups is 2. The van der Waals surface area contributed by atoms with E-state index in [0.29, 0.717) is 35.6 Å². The highest BCUT2D eigenvalue weighted by Crippen LogP contribution is 2.47. The molecule has 182 valence electrons. The molecule has 35 heavy (non-hydrogen) atoms. The van der Waals surface area contributed by atoms with Crippen molar-refractivity contribution in [1.29, 1.82) is 0 Å². The Balaban J connectivity index is 1.78. The predicted molar refractivity (Wildman–Crippen MR) is 130 cm³/mol. The largest absolute Gasteiger partial charge is 0.460 e. The fraction of sp³-hybridized carbons (Fsp3) is 0.333. The van der Waals surface area contributed by atoms with Crippen LogP contribution in [0.3, 0.4) is 0 Å². The molecule has 1 aliphatic heterocycles. The van der Waals surface area contributed by atoms with Crippen molar-refractivity contribution >= 4 is 17.4 Å². The Kier molecular flexibility index (Phi) is 7.41. The van der Waals surface area contributed by atoms with Crippen LogP contribution in [0.25, 0.3) is 0 Å². The first-order chi connectivity index (χ1) is 16.9. The molecule has 8 heteroatoms. The van der Waals surface area contributed by atoms with E-state index in [4.69, 9.17) is 9.47 Å². The molecule has 0 aromatic heterocycles. The van der Waals surface area contributed by atoms with Gasteiger partial charge in [0.25, 0.3) is 5.69 Å². The third kappa shape index (κ3) is 5.02. The summed E-state index contributed by atoms with van der Waals surface area (Å²) in [6, 6.07) is 16.1. The van der Waals surface area contributed by atoms with Crippen LogP contribution in [0.4, 0.5) is 5.69 Å². The van der Waals surface area contributed by atoms with Crippen molar-refractivity contribution in [2.75, 3.05) is 19.8 Å². The minimum Gasteiger partial charge on any atom is -0.460 e. The van der Waals surface area contributed by atoms with Gasteiger partial charge in [0.15, 0.2) is 5.78 Å². The van der Waals surface area contributed by atoms with Crippen molar-refractivity contribution in [2.45, 2.75) is 38.5 Å². The van der Waals surface area contributed by atoms with Crippen LogP contribution in [-0.4, -0.2) is 36.5 Å². The maximum absolute atomic E-state index is 13.6. The van der Waals surface area contributed by atoms with Crippen molar-refractivity contribution < 1.29 is 24.0 Å². The van der Waals surface area contributed by atoms with Crippen molar-refractivity contribution in [1.82, 2.24) is 5.32 Å². The topological polar surface area (TPSA) is 108 Å². The van der Waals surface area contributed by atoms with E-state index in [1.54, 1.807) is 25.1 Å². The number of nitrogens with one attached hydrogen (secondary N) is 1. The average Bonchev–Trinajstić information content (AvgIpc) is 2.86. The number of hydrogen-bond acceptors (Lipinski definition) is 7. The van der Waals surface area contributed by atoms with E-state index in [-0.39, 0.29) is 42.6 Å². The summed E-state index contributed by atoms with van der Waals surface area (Å²) in [5, 5.41) is 15.2. The van der Waals surface area contributed by atoms with Crippen molar-refractivity contribution in [3.05, 3.63) is 98.4 Å². The van der Waals surface area contributed by atoms with Gasteiger partial charge in [-0.05, 0) is 31.7 Å². The second-order valence-electron chi connectivity index (χ2n) is 8.58. The molecule has 8 nitrogen and oxygen atoms in total. The van der Waals surface area contributed by atoms with Gasteiger partial charge < -0.3 is 14.8 Å².